The summed E-state index contributed by atoms with van der Waals surface area (Å²) in [5, 5.41) is 0. The molecule has 2 rings (SSSR count). The van der Waals surface area contributed by atoms with Crippen LogP contribution in [0.1, 0.15) is 0 Å². The Kier molecular flexibility index (Phi) is 7.13. The van der Waals surface area contributed by atoms with E-state index in [2.05, 4.69) is 0 Å². The first kappa shape index (κ1) is 17.7. The maximum absolute atomic E-state index is 12.3. The van der Waals surface area contributed by atoms with Crippen molar-refractivity contribution < 1.29 is 8.42 Å². The van der Waals surface area contributed by atoms with Crippen LogP contribution in [0.4, 0.5) is 0 Å². The summed E-state index contributed by atoms with van der Waals surface area (Å²) in [4.78, 5) is 1.48. The summed E-state index contributed by atoms with van der Waals surface area (Å²) < 4.78 is 27.9. The molecule has 2 aromatic carbocycles. The molecule has 8 heteroatoms. The molecule has 0 heterocycles. The van der Waals surface area contributed by atoms with Crippen molar-refractivity contribution in [2.45, 2.75) is 9.79 Å². The van der Waals surface area contributed by atoms with Gasteiger partial charge in [-0.2, -0.15) is 7.42 Å². The Labute approximate surface area is 144 Å². The molecule has 118 valence electrons. The first-order valence-corrected chi connectivity index (χ1v) is 10.6. The Bertz CT molecular complexity index is 582. The Balaban J connectivity index is 1.89. The Morgan fingerprint density at radius 2 is 1.00 bits per heavy atom. The van der Waals surface area contributed by atoms with Gasteiger partial charge >= 0.3 is 0 Å². The highest BCUT2D eigenvalue weighted by Crippen LogP contribution is 2.32. The minimum Gasteiger partial charge on any atom is -0.236 e. The van der Waals surface area contributed by atoms with Crippen LogP contribution in [0.2, 0.25) is 0 Å². The molecule has 0 fully saturated rings. The average molecular weight is 373 g/mol. The lowest BCUT2D eigenvalue weighted by atomic mass is 10.4. The van der Waals surface area contributed by atoms with Crippen molar-refractivity contribution in [3.8, 4) is 0 Å². The third-order valence-electron chi connectivity index (χ3n) is 2.60. The predicted molar refractivity (Wildman–Crippen MR) is 96.4 cm³/mol. The molecule has 0 aliphatic carbocycles. The van der Waals surface area contributed by atoms with Gasteiger partial charge in [-0.25, -0.2) is 8.42 Å². The van der Waals surface area contributed by atoms with Gasteiger partial charge in [-0.05, 0) is 24.3 Å². The normalized spacial score (nSPS) is 14.2. The number of nitrogens with zero attached hydrogens (tertiary/aromatic N) is 2. The molecule has 0 N–H and O–H groups in total. The van der Waals surface area contributed by atoms with E-state index < -0.39 is 22.0 Å². The zero-order valence-corrected chi connectivity index (χ0v) is 15.4. The van der Waals surface area contributed by atoms with E-state index in [1.54, 1.807) is 21.5 Å². The van der Waals surface area contributed by atoms with Crippen molar-refractivity contribution >= 4 is 43.9 Å². The summed E-state index contributed by atoms with van der Waals surface area (Å²) in [7, 11) is 3.58. The van der Waals surface area contributed by atoms with Gasteiger partial charge in [0.05, 0.1) is 9.79 Å². The lowest BCUT2D eigenvalue weighted by Gasteiger charge is -2.18. The van der Waals surface area contributed by atoms with Crippen molar-refractivity contribution in [1.82, 2.24) is 7.42 Å². The van der Waals surface area contributed by atoms with Crippen LogP contribution in [-0.2, 0) is 22.0 Å². The van der Waals surface area contributed by atoms with Crippen LogP contribution in [0.3, 0.4) is 0 Å². The van der Waals surface area contributed by atoms with Crippen LogP contribution in [0.15, 0.2) is 70.5 Å². The van der Waals surface area contributed by atoms with Gasteiger partial charge in [0.1, 0.15) is 22.0 Å². The van der Waals surface area contributed by atoms with E-state index in [0.29, 0.717) is 0 Å². The Morgan fingerprint density at radius 3 is 1.32 bits per heavy atom. The Hall–Kier alpha value is -0.640. The maximum Gasteiger partial charge on any atom is 0.138 e. The second-order valence-electron chi connectivity index (χ2n) is 4.15. The predicted octanol–water partition coefficient (Wildman–Crippen LogP) is 3.51. The molecule has 0 spiro atoms. The smallest absolute Gasteiger partial charge is 0.138 e. The van der Waals surface area contributed by atoms with E-state index >= 15 is 0 Å². The zero-order chi connectivity index (χ0) is 15.9. The summed E-state index contributed by atoms with van der Waals surface area (Å²) in [6.07, 6.45) is 0. The molecule has 0 aliphatic rings. The highest BCUT2D eigenvalue weighted by atomic mass is 33.1. The van der Waals surface area contributed by atoms with Gasteiger partial charge in [-0.3, -0.25) is 0 Å². The van der Waals surface area contributed by atoms with Crippen LogP contribution in [0.25, 0.3) is 0 Å². The fourth-order valence-corrected chi connectivity index (χ4v) is 6.09. The van der Waals surface area contributed by atoms with Gasteiger partial charge in [0.15, 0.2) is 0 Å². The largest absolute Gasteiger partial charge is 0.236 e. The summed E-state index contributed by atoms with van der Waals surface area (Å²) in [6.45, 7) is 0. The minimum atomic E-state index is -1.25. The molecule has 4 nitrogen and oxygen atoms in total. The second kappa shape index (κ2) is 8.85. The topological polar surface area (TPSA) is 40.6 Å². The number of hydrogen-bond donors (Lipinski definition) is 0. The standard InChI is InChI=1S/C14H16N2O2S4/c1-15(21(17)13-9-5-3-6-10-13)19-20-16(2)22(18)14-11-7-4-8-12-14/h3-12H,1-2H3. The molecule has 0 aliphatic heterocycles. The van der Waals surface area contributed by atoms with Gasteiger partial charge < -0.3 is 0 Å². The second-order valence-corrected chi connectivity index (χ2v) is 9.94. The highest BCUT2D eigenvalue weighted by molar-refractivity contribution is 8.76. The van der Waals surface area contributed by atoms with Crippen molar-refractivity contribution in [1.29, 1.82) is 0 Å². The van der Waals surface area contributed by atoms with Crippen molar-refractivity contribution in [3.63, 3.8) is 0 Å². The lowest BCUT2D eigenvalue weighted by Crippen LogP contribution is -2.16. The molecule has 0 amide bonds. The van der Waals surface area contributed by atoms with E-state index in [1.165, 1.54) is 22.0 Å². The summed E-state index contributed by atoms with van der Waals surface area (Å²) in [5.41, 5.74) is 0. The molecule has 2 unspecified atom stereocenters. The number of rotatable bonds is 7. The van der Waals surface area contributed by atoms with E-state index in [4.69, 9.17) is 0 Å². The highest BCUT2D eigenvalue weighted by Gasteiger charge is 2.16. The third kappa shape index (κ3) is 4.94. The van der Waals surface area contributed by atoms with E-state index in [1.807, 2.05) is 60.7 Å². The van der Waals surface area contributed by atoms with Gasteiger partial charge in [-0.15, -0.1) is 0 Å². The van der Waals surface area contributed by atoms with Gasteiger partial charge in [0, 0.05) is 36.1 Å². The number of benzene rings is 2. The van der Waals surface area contributed by atoms with Crippen molar-refractivity contribution in [2.24, 2.45) is 0 Å². The molecule has 0 saturated carbocycles. The minimum absolute atomic E-state index is 0.741. The SMILES string of the molecule is CN(SSN(C)S(=O)c1ccccc1)S(=O)c1ccccc1. The summed E-state index contributed by atoms with van der Waals surface area (Å²) in [6, 6.07) is 18.5. The Morgan fingerprint density at radius 1 is 0.682 bits per heavy atom. The average Bonchev–Trinajstić information content (AvgIpc) is 2.59. The monoisotopic (exact) mass is 372 g/mol. The fraction of sp³-hybridized carbons (Fsp3) is 0.143. The van der Waals surface area contributed by atoms with Crippen molar-refractivity contribution in [3.05, 3.63) is 60.7 Å². The fourth-order valence-electron chi connectivity index (χ4n) is 1.52. The molecule has 0 radical (unpaired) electrons. The maximum atomic E-state index is 12.3. The first-order valence-electron chi connectivity index (χ1n) is 6.35. The first-order chi connectivity index (χ1) is 10.6. The van der Waals surface area contributed by atoms with Gasteiger partial charge in [0.25, 0.3) is 0 Å². The van der Waals surface area contributed by atoms with Crippen LogP contribution >= 0.6 is 22.0 Å². The molecule has 0 aromatic heterocycles. The van der Waals surface area contributed by atoms with Gasteiger partial charge in [0.2, 0.25) is 0 Å². The van der Waals surface area contributed by atoms with E-state index in [-0.39, 0.29) is 0 Å². The van der Waals surface area contributed by atoms with Crippen LogP contribution in [0, 0.1) is 0 Å². The van der Waals surface area contributed by atoms with Crippen LogP contribution in [-0.4, -0.2) is 29.9 Å². The molecular weight excluding hydrogens is 356 g/mol. The van der Waals surface area contributed by atoms with E-state index in [9.17, 15) is 8.42 Å². The third-order valence-corrected chi connectivity index (χ3v) is 8.74. The molecule has 22 heavy (non-hydrogen) atoms. The number of hydrogen-bond acceptors (Lipinski definition) is 4. The van der Waals surface area contributed by atoms with Crippen molar-refractivity contribution in [2.75, 3.05) is 14.1 Å². The molecule has 0 saturated heterocycles. The van der Waals surface area contributed by atoms with Crippen LogP contribution in [0.5, 0.6) is 0 Å². The molecule has 2 atom stereocenters. The van der Waals surface area contributed by atoms with E-state index in [0.717, 1.165) is 9.79 Å². The molecular formula is C14H16N2O2S4. The summed E-state index contributed by atoms with van der Waals surface area (Å²) in [5.74, 6) is 0. The lowest BCUT2D eigenvalue weighted by molar-refractivity contribution is 0.657. The molecule has 0 bridgehead atoms. The van der Waals surface area contributed by atoms with Gasteiger partial charge in [-0.1, -0.05) is 36.4 Å². The van der Waals surface area contributed by atoms with Crippen LogP contribution < -0.4 is 0 Å². The zero-order valence-electron chi connectivity index (χ0n) is 12.1. The molecule has 2 aromatic rings. The summed E-state index contributed by atoms with van der Waals surface area (Å²) >= 11 is 0. The quantitative estimate of drug-likeness (QED) is 0.551.